The fourth-order valence-corrected chi connectivity index (χ4v) is 4.42. The van der Waals surface area contributed by atoms with Crippen molar-refractivity contribution >= 4 is 23.2 Å². The molecule has 160 valence electrons. The predicted molar refractivity (Wildman–Crippen MR) is 115 cm³/mol. The molecule has 0 spiro atoms. The number of anilines is 2. The smallest absolute Gasteiger partial charge is 0.231 e. The van der Waals surface area contributed by atoms with E-state index in [4.69, 9.17) is 4.74 Å². The monoisotopic (exact) mass is 430 g/mol. The van der Waals surface area contributed by atoms with Gasteiger partial charge in [0.05, 0.1) is 25.8 Å². The van der Waals surface area contributed by atoms with Crippen molar-refractivity contribution < 1.29 is 13.9 Å². The molecule has 2 aliphatic rings. The van der Waals surface area contributed by atoms with Crippen molar-refractivity contribution in [2.24, 2.45) is 0 Å². The van der Waals surface area contributed by atoms with Crippen LogP contribution in [-0.2, 0) is 30.7 Å². The summed E-state index contributed by atoms with van der Waals surface area (Å²) in [6.45, 7) is 1.25. The molecule has 0 saturated heterocycles. The number of benzene rings is 2. The van der Waals surface area contributed by atoms with E-state index in [1.807, 2.05) is 24.3 Å². The Morgan fingerprint density at radius 1 is 1.16 bits per heavy atom. The van der Waals surface area contributed by atoms with Gasteiger partial charge in [-0.25, -0.2) is 13.8 Å². The van der Waals surface area contributed by atoms with Crippen LogP contribution in [-0.4, -0.2) is 32.1 Å². The highest BCUT2D eigenvalue weighted by Crippen LogP contribution is 2.31. The molecule has 0 radical (unpaired) electrons. The van der Waals surface area contributed by atoms with Gasteiger partial charge in [-0.2, -0.15) is 0 Å². The summed E-state index contributed by atoms with van der Waals surface area (Å²) in [6.07, 6.45) is 4.16. The number of carbonyl (C=O) groups is 1. The van der Waals surface area contributed by atoms with Gasteiger partial charge in [-0.1, -0.05) is 24.3 Å². The van der Waals surface area contributed by atoms with Crippen LogP contribution in [0.15, 0.2) is 48.9 Å². The second kappa shape index (κ2) is 7.30. The van der Waals surface area contributed by atoms with Gasteiger partial charge in [0.15, 0.2) is 5.65 Å². The minimum absolute atomic E-state index is 0.0157. The number of hydrogen-bond acceptors (Lipinski definition) is 6. The van der Waals surface area contributed by atoms with E-state index in [9.17, 15) is 9.18 Å². The average Bonchev–Trinajstić information content (AvgIpc) is 3.48. The van der Waals surface area contributed by atoms with Gasteiger partial charge in [-0.15, -0.1) is 10.2 Å². The van der Waals surface area contributed by atoms with Gasteiger partial charge in [-0.05, 0) is 23.3 Å². The topological polar surface area (TPSA) is 84.7 Å². The third-order valence-corrected chi connectivity index (χ3v) is 6.06. The normalized spacial score (nSPS) is 14.9. The summed E-state index contributed by atoms with van der Waals surface area (Å²) >= 11 is 0. The number of rotatable bonds is 4. The summed E-state index contributed by atoms with van der Waals surface area (Å²) in [5, 5.41) is 11.4. The van der Waals surface area contributed by atoms with Crippen molar-refractivity contribution in [3.8, 4) is 5.75 Å². The molecular formula is C23H19FN6O2. The number of fused-ring (bicyclic) bond motifs is 3. The van der Waals surface area contributed by atoms with E-state index in [1.54, 1.807) is 21.6 Å². The van der Waals surface area contributed by atoms with E-state index in [2.05, 4.69) is 20.5 Å². The lowest BCUT2D eigenvalue weighted by atomic mass is 9.99. The van der Waals surface area contributed by atoms with Gasteiger partial charge < -0.3 is 15.0 Å². The molecule has 6 rings (SSSR count). The molecule has 8 nitrogen and oxygen atoms in total. The largest absolute Gasteiger partial charge is 0.493 e. The first-order valence-electron chi connectivity index (χ1n) is 10.4. The summed E-state index contributed by atoms with van der Waals surface area (Å²) in [4.78, 5) is 19.0. The molecule has 2 aromatic carbocycles. The van der Waals surface area contributed by atoms with Crippen molar-refractivity contribution in [3.05, 3.63) is 77.0 Å². The van der Waals surface area contributed by atoms with Crippen molar-refractivity contribution in [1.29, 1.82) is 0 Å². The fraction of sp³-hybridized carbons (Fsp3) is 0.217. The van der Waals surface area contributed by atoms with Crippen LogP contribution in [0.2, 0.25) is 0 Å². The first-order chi connectivity index (χ1) is 15.7. The molecule has 1 amide bonds. The second-order valence-electron chi connectivity index (χ2n) is 7.87. The Morgan fingerprint density at radius 2 is 2.03 bits per heavy atom. The first kappa shape index (κ1) is 18.7. The van der Waals surface area contributed by atoms with Crippen LogP contribution in [0, 0.1) is 5.82 Å². The van der Waals surface area contributed by atoms with Gasteiger partial charge in [0, 0.05) is 24.1 Å². The lowest BCUT2D eigenvalue weighted by molar-refractivity contribution is -0.118. The van der Waals surface area contributed by atoms with E-state index in [0.717, 1.165) is 22.4 Å². The Balaban J connectivity index is 1.32. The maximum absolute atomic E-state index is 14.5. The second-order valence-corrected chi connectivity index (χ2v) is 7.87. The molecule has 0 atom stereocenters. The summed E-state index contributed by atoms with van der Waals surface area (Å²) in [6, 6.07) is 11.0. The van der Waals surface area contributed by atoms with Crippen LogP contribution in [0.3, 0.4) is 0 Å². The molecule has 9 heteroatoms. The molecular weight excluding hydrogens is 411 g/mol. The molecule has 0 unspecified atom stereocenters. The number of aromatic nitrogens is 4. The van der Waals surface area contributed by atoms with Gasteiger partial charge in [0.2, 0.25) is 11.9 Å². The lowest BCUT2D eigenvalue weighted by Gasteiger charge is -2.28. The number of amides is 1. The molecule has 0 aliphatic carbocycles. The zero-order chi connectivity index (χ0) is 21.7. The van der Waals surface area contributed by atoms with Gasteiger partial charge in [0.1, 0.15) is 23.6 Å². The third-order valence-electron chi connectivity index (χ3n) is 6.06. The molecule has 0 bridgehead atoms. The maximum Gasteiger partial charge on any atom is 0.231 e. The zero-order valence-electron chi connectivity index (χ0n) is 17.1. The number of nitrogens with zero attached hydrogens (tertiary/aromatic N) is 5. The Kier molecular flexibility index (Phi) is 4.27. The number of carbonyl (C=O) groups excluding carboxylic acids is 1. The van der Waals surface area contributed by atoms with Crippen molar-refractivity contribution in [2.45, 2.75) is 25.9 Å². The molecule has 1 N–H and O–H groups in total. The molecule has 4 aromatic rings. The summed E-state index contributed by atoms with van der Waals surface area (Å²) in [5.41, 5.74) is 4.69. The Labute approximate surface area is 182 Å². The van der Waals surface area contributed by atoms with E-state index < -0.39 is 0 Å². The number of ether oxygens (including phenoxy) is 1. The highest BCUT2D eigenvalue weighted by atomic mass is 19.1. The Morgan fingerprint density at radius 3 is 2.94 bits per heavy atom. The standard InChI is InChI=1S/C23H19FN6O2/c24-18-5-6-20-16(7-8-32-20)17(18)10-25-23-26-11-19(22-28-27-13-30(22)23)29-12-15-4-2-1-3-14(15)9-21(29)31/h1-6,11,13H,7-10,12H2,(H,25,26). The van der Waals surface area contributed by atoms with Crippen LogP contribution < -0.4 is 15.0 Å². The molecule has 0 fully saturated rings. The van der Waals surface area contributed by atoms with Crippen LogP contribution in [0.25, 0.3) is 5.65 Å². The van der Waals surface area contributed by atoms with E-state index in [1.165, 1.54) is 12.4 Å². The van der Waals surface area contributed by atoms with E-state index in [-0.39, 0.29) is 18.3 Å². The van der Waals surface area contributed by atoms with Gasteiger partial charge in [-0.3, -0.25) is 4.79 Å². The highest BCUT2D eigenvalue weighted by Gasteiger charge is 2.27. The maximum atomic E-state index is 14.5. The van der Waals surface area contributed by atoms with Gasteiger partial charge in [0.25, 0.3) is 0 Å². The minimum Gasteiger partial charge on any atom is -0.493 e. The van der Waals surface area contributed by atoms with Crippen molar-refractivity contribution in [3.63, 3.8) is 0 Å². The number of halogens is 1. The van der Waals surface area contributed by atoms with Crippen LogP contribution in [0.5, 0.6) is 5.75 Å². The zero-order valence-corrected chi connectivity index (χ0v) is 17.1. The SMILES string of the molecule is O=C1Cc2ccccc2CN1c1cnc(NCc2c(F)ccc3c2CCO3)n2cnnc12. The van der Waals surface area contributed by atoms with Crippen LogP contribution in [0.1, 0.15) is 22.3 Å². The summed E-state index contributed by atoms with van der Waals surface area (Å²) < 4.78 is 21.7. The quantitative estimate of drug-likeness (QED) is 0.536. The summed E-state index contributed by atoms with van der Waals surface area (Å²) in [5.74, 6) is 0.897. The molecule has 2 aromatic heterocycles. The first-order valence-corrected chi connectivity index (χ1v) is 10.4. The summed E-state index contributed by atoms with van der Waals surface area (Å²) in [7, 11) is 0. The van der Waals surface area contributed by atoms with E-state index >= 15 is 0 Å². The minimum atomic E-state index is -0.282. The fourth-order valence-electron chi connectivity index (χ4n) is 4.42. The van der Waals surface area contributed by atoms with Crippen LogP contribution in [0.4, 0.5) is 16.0 Å². The molecule has 0 saturated carbocycles. The third kappa shape index (κ3) is 2.96. The average molecular weight is 430 g/mol. The molecule has 4 heterocycles. The van der Waals surface area contributed by atoms with E-state index in [0.29, 0.717) is 48.8 Å². The molecule has 32 heavy (non-hydrogen) atoms. The number of nitrogens with one attached hydrogen (secondary N) is 1. The Hall–Kier alpha value is -4.01. The predicted octanol–water partition coefficient (Wildman–Crippen LogP) is 2.90. The number of hydrogen-bond donors (Lipinski definition) is 1. The molecule has 2 aliphatic heterocycles. The van der Waals surface area contributed by atoms with Gasteiger partial charge >= 0.3 is 0 Å². The van der Waals surface area contributed by atoms with Crippen molar-refractivity contribution in [1.82, 2.24) is 19.6 Å². The van der Waals surface area contributed by atoms with Crippen molar-refractivity contribution in [2.75, 3.05) is 16.8 Å². The lowest BCUT2D eigenvalue weighted by Crippen LogP contribution is -2.36. The highest BCUT2D eigenvalue weighted by molar-refractivity contribution is 5.99. The van der Waals surface area contributed by atoms with Crippen LogP contribution >= 0.6 is 0 Å². The Bertz CT molecular complexity index is 1370.